The number of phenolic OH excluding ortho intramolecular Hbond substituents is 1. The van der Waals surface area contributed by atoms with Crippen LogP contribution in [0.1, 0.15) is 12.0 Å². The average Bonchev–Trinajstić information content (AvgIpc) is 2.19. The first-order valence-corrected chi connectivity index (χ1v) is 5.02. The van der Waals surface area contributed by atoms with Gasteiger partial charge in [0.1, 0.15) is 5.75 Å². The van der Waals surface area contributed by atoms with Gasteiger partial charge in [-0.15, -0.1) is 0 Å². The van der Waals surface area contributed by atoms with Gasteiger partial charge in [-0.3, -0.25) is 0 Å². The fraction of sp³-hybridized carbons (Fsp3) is 0.455. The van der Waals surface area contributed by atoms with Crippen molar-refractivity contribution in [1.29, 1.82) is 0 Å². The average molecular weight is 192 g/mol. The molecule has 0 radical (unpaired) electrons. The highest BCUT2D eigenvalue weighted by Crippen LogP contribution is 2.27. The zero-order valence-electron chi connectivity index (χ0n) is 8.38. The van der Waals surface area contributed by atoms with Gasteiger partial charge in [0.05, 0.1) is 0 Å². The molecular formula is C11H16N2O. The summed E-state index contributed by atoms with van der Waals surface area (Å²) in [6.45, 7) is 0.986. The molecule has 1 unspecified atom stereocenters. The van der Waals surface area contributed by atoms with Gasteiger partial charge in [0.2, 0.25) is 0 Å². The van der Waals surface area contributed by atoms with E-state index in [9.17, 15) is 5.11 Å². The van der Waals surface area contributed by atoms with Crippen molar-refractivity contribution in [3.63, 3.8) is 0 Å². The van der Waals surface area contributed by atoms with E-state index in [1.54, 1.807) is 6.07 Å². The molecule has 1 atom stereocenters. The van der Waals surface area contributed by atoms with Crippen LogP contribution in [0.2, 0.25) is 0 Å². The van der Waals surface area contributed by atoms with Gasteiger partial charge in [0, 0.05) is 18.3 Å². The van der Waals surface area contributed by atoms with Crippen molar-refractivity contribution >= 4 is 5.69 Å². The van der Waals surface area contributed by atoms with E-state index in [0.29, 0.717) is 11.8 Å². The highest BCUT2D eigenvalue weighted by atomic mass is 16.3. The molecule has 3 N–H and O–H groups in total. The van der Waals surface area contributed by atoms with E-state index >= 15 is 0 Å². The lowest BCUT2D eigenvalue weighted by Gasteiger charge is -2.26. The molecule has 0 amide bonds. The van der Waals surface area contributed by atoms with E-state index < -0.39 is 0 Å². The number of phenols is 1. The Morgan fingerprint density at radius 3 is 3.21 bits per heavy atom. The Hall–Kier alpha value is -1.22. The normalized spacial score (nSPS) is 19.9. The van der Waals surface area contributed by atoms with Crippen LogP contribution >= 0.6 is 0 Å². The lowest BCUT2D eigenvalue weighted by molar-refractivity contribution is 0.473. The molecule has 2 rings (SSSR count). The van der Waals surface area contributed by atoms with Crippen LogP contribution in [0.3, 0.4) is 0 Å². The van der Waals surface area contributed by atoms with Crippen LogP contribution < -0.4 is 10.6 Å². The van der Waals surface area contributed by atoms with Crippen molar-refractivity contribution in [2.24, 2.45) is 0 Å². The summed E-state index contributed by atoms with van der Waals surface area (Å²) in [5, 5.41) is 15.9. The molecule has 14 heavy (non-hydrogen) atoms. The minimum absolute atomic E-state index is 0.359. The maximum absolute atomic E-state index is 9.32. The fourth-order valence-corrected chi connectivity index (χ4v) is 1.95. The Morgan fingerprint density at radius 2 is 2.43 bits per heavy atom. The highest BCUT2D eigenvalue weighted by molar-refractivity contribution is 5.56. The molecule has 1 aliphatic rings. The first kappa shape index (κ1) is 9.34. The first-order valence-electron chi connectivity index (χ1n) is 5.02. The quantitative estimate of drug-likeness (QED) is 0.619. The van der Waals surface area contributed by atoms with Crippen molar-refractivity contribution in [3.8, 4) is 5.75 Å². The van der Waals surface area contributed by atoms with E-state index in [4.69, 9.17) is 0 Å². The lowest BCUT2D eigenvalue weighted by Crippen LogP contribution is -2.34. The molecule has 0 saturated carbocycles. The lowest BCUT2D eigenvalue weighted by atomic mass is 9.98. The molecule has 0 saturated heterocycles. The third-order valence-corrected chi connectivity index (χ3v) is 2.66. The van der Waals surface area contributed by atoms with E-state index in [2.05, 4.69) is 10.6 Å². The molecule has 1 heterocycles. The van der Waals surface area contributed by atoms with Crippen molar-refractivity contribution < 1.29 is 5.11 Å². The molecule has 0 fully saturated rings. The zero-order chi connectivity index (χ0) is 9.97. The third kappa shape index (κ3) is 1.82. The Morgan fingerprint density at radius 1 is 1.57 bits per heavy atom. The molecule has 3 heteroatoms. The minimum atomic E-state index is 0.359. The second-order valence-corrected chi connectivity index (χ2v) is 3.78. The van der Waals surface area contributed by atoms with Crippen LogP contribution in [0.5, 0.6) is 5.75 Å². The van der Waals surface area contributed by atoms with E-state index in [1.165, 1.54) is 5.56 Å². The van der Waals surface area contributed by atoms with Gasteiger partial charge >= 0.3 is 0 Å². The molecule has 0 aromatic heterocycles. The third-order valence-electron chi connectivity index (χ3n) is 2.66. The summed E-state index contributed by atoms with van der Waals surface area (Å²) in [6.07, 6.45) is 2.17. The van der Waals surface area contributed by atoms with Gasteiger partial charge in [-0.2, -0.15) is 0 Å². The number of benzene rings is 1. The van der Waals surface area contributed by atoms with Gasteiger partial charge in [0.25, 0.3) is 0 Å². The van der Waals surface area contributed by atoms with Crippen molar-refractivity contribution in [2.75, 3.05) is 18.9 Å². The van der Waals surface area contributed by atoms with Gasteiger partial charge in [-0.05, 0) is 43.7 Å². The summed E-state index contributed by atoms with van der Waals surface area (Å²) < 4.78 is 0. The monoisotopic (exact) mass is 192 g/mol. The Labute approximate surface area is 84.1 Å². The zero-order valence-corrected chi connectivity index (χ0v) is 8.38. The smallest absolute Gasteiger partial charge is 0.116 e. The van der Waals surface area contributed by atoms with E-state index in [0.717, 1.165) is 25.1 Å². The van der Waals surface area contributed by atoms with Gasteiger partial charge < -0.3 is 15.7 Å². The first-order chi connectivity index (χ1) is 6.79. The number of rotatable bonds is 2. The molecule has 0 spiro atoms. The van der Waals surface area contributed by atoms with Gasteiger partial charge in [-0.1, -0.05) is 0 Å². The van der Waals surface area contributed by atoms with Gasteiger partial charge in [0.15, 0.2) is 0 Å². The van der Waals surface area contributed by atoms with Crippen LogP contribution in [-0.2, 0) is 6.42 Å². The van der Waals surface area contributed by atoms with Crippen LogP contribution in [0, 0.1) is 0 Å². The molecule has 76 valence electrons. The topological polar surface area (TPSA) is 44.3 Å². The maximum Gasteiger partial charge on any atom is 0.116 e. The van der Waals surface area contributed by atoms with Crippen LogP contribution in [-0.4, -0.2) is 24.7 Å². The second kappa shape index (κ2) is 3.88. The summed E-state index contributed by atoms with van der Waals surface area (Å²) in [5.41, 5.74) is 2.38. The summed E-state index contributed by atoms with van der Waals surface area (Å²) in [6, 6.07) is 6.04. The highest BCUT2D eigenvalue weighted by Gasteiger charge is 2.16. The summed E-state index contributed by atoms with van der Waals surface area (Å²) >= 11 is 0. The number of hydrogen-bond acceptors (Lipinski definition) is 3. The number of fused-ring (bicyclic) bond motifs is 1. The van der Waals surface area contributed by atoms with Gasteiger partial charge in [-0.25, -0.2) is 0 Å². The molecule has 1 aliphatic heterocycles. The van der Waals surface area contributed by atoms with E-state index in [1.807, 2.05) is 19.2 Å². The Bertz CT molecular complexity index is 325. The van der Waals surface area contributed by atoms with Crippen molar-refractivity contribution in [3.05, 3.63) is 23.8 Å². The Kier molecular flexibility index (Phi) is 2.59. The standard InChI is InChI=1S/C11H16N2O/c1-12-7-9-3-2-8-6-10(14)4-5-11(8)13-9/h4-6,9,12-14H,2-3,7H2,1H3. The molecule has 1 aromatic rings. The summed E-state index contributed by atoms with van der Waals surface area (Å²) in [5.74, 6) is 0.359. The minimum Gasteiger partial charge on any atom is -0.508 e. The molecular weight excluding hydrogens is 176 g/mol. The Balaban J connectivity index is 2.15. The SMILES string of the molecule is CNCC1CCc2cc(O)ccc2N1. The summed E-state index contributed by atoms with van der Waals surface area (Å²) in [7, 11) is 1.97. The van der Waals surface area contributed by atoms with E-state index in [-0.39, 0.29) is 0 Å². The summed E-state index contributed by atoms with van der Waals surface area (Å²) in [4.78, 5) is 0. The largest absolute Gasteiger partial charge is 0.508 e. The number of anilines is 1. The number of aromatic hydroxyl groups is 1. The number of likely N-dealkylation sites (N-methyl/N-ethyl adjacent to an activating group) is 1. The molecule has 3 nitrogen and oxygen atoms in total. The second-order valence-electron chi connectivity index (χ2n) is 3.78. The molecule has 0 bridgehead atoms. The van der Waals surface area contributed by atoms with Crippen LogP contribution in [0.4, 0.5) is 5.69 Å². The van der Waals surface area contributed by atoms with Crippen LogP contribution in [0.15, 0.2) is 18.2 Å². The predicted molar refractivity (Wildman–Crippen MR) is 57.8 cm³/mol. The molecule has 0 aliphatic carbocycles. The maximum atomic E-state index is 9.32. The van der Waals surface area contributed by atoms with Crippen molar-refractivity contribution in [2.45, 2.75) is 18.9 Å². The predicted octanol–water partition coefficient (Wildman–Crippen LogP) is 1.34. The number of aryl methyl sites for hydroxylation is 1. The number of hydrogen-bond donors (Lipinski definition) is 3. The molecule has 1 aromatic carbocycles. The van der Waals surface area contributed by atoms with Crippen LogP contribution in [0.25, 0.3) is 0 Å². The van der Waals surface area contributed by atoms with Crippen molar-refractivity contribution in [1.82, 2.24) is 5.32 Å². The fourth-order valence-electron chi connectivity index (χ4n) is 1.95. The number of nitrogens with one attached hydrogen (secondary N) is 2.